The van der Waals surface area contributed by atoms with E-state index >= 15 is 0 Å². The number of amides is 2. The van der Waals surface area contributed by atoms with Gasteiger partial charge in [0.25, 0.3) is 5.91 Å². The van der Waals surface area contributed by atoms with E-state index in [1.165, 1.54) is 26.0 Å². The Labute approximate surface area is 144 Å². The molecule has 0 spiro atoms. The summed E-state index contributed by atoms with van der Waals surface area (Å²) in [6.07, 6.45) is -1.03. The highest BCUT2D eigenvalue weighted by molar-refractivity contribution is 5.97. The Morgan fingerprint density at radius 3 is 1.96 bits per heavy atom. The van der Waals surface area contributed by atoms with Gasteiger partial charge >= 0.3 is 5.97 Å². The van der Waals surface area contributed by atoms with Crippen molar-refractivity contribution in [1.29, 1.82) is 0 Å². The second kappa shape index (κ2) is 8.05. The van der Waals surface area contributed by atoms with E-state index in [2.05, 4.69) is 10.6 Å². The summed E-state index contributed by atoms with van der Waals surface area (Å²) in [5.74, 6) is -1.89. The van der Waals surface area contributed by atoms with Crippen molar-refractivity contribution in [2.45, 2.75) is 20.0 Å². The van der Waals surface area contributed by atoms with Gasteiger partial charge in [-0.25, -0.2) is 9.18 Å². The van der Waals surface area contributed by atoms with E-state index in [1.807, 2.05) is 0 Å². The highest BCUT2D eigenvalue weighted by Crippen LogP contribution is 2.14. The first kappa shape index (κ1) is 18.1. The Hall–Kier alpha value is -3.22. The summed E-state index contributed by atoms with van der Waals surface area (Å²) in [6.45, 7) is 2.83. The zero-order valence-corrected chi connectivity index (χ0v) is 13.7. The predicted octanol–water partition coefficient (Wildman–Crippen LogP) is 2.97. The highest BCUT2D eigenvalue weighted by Gasteiger charge is 2.19. The van der Waals surface area contributed by atoms with Crippen LogP contribution in [0.5, 0.6) is 0 Å². The molecule has 25 heavy (non-hydrogen) atoms. The molecule has 0 saturated carbocycles. The first-order valence-corrected chi connectivity index (χ1v) is 7.50. The van der Waals surface area contributed by atoms with Crippen LogP contribution in [0.1, 0.15) is 24.2 Å². The first-order chi connectivity index (χ1) is 11.8. The molecule has 0 aliphatic rings. The van der Waals surface area contributed by atoms with E-state index in [0.717, 1.165) is 12.1 Å². The van der Waals surface area contributed by atoms with Gasteiger partial charge in [-0.1, -0.05) is 0 Å². The van der Waals surface area contributed by atoms with Crippen LogP contribution in [0.2, 0.25) is 0 Å². The van der Waals surface area contributed by atoms with Gasteiger partial charge in [0, 0.05) is 18.3 Å². The third kappa shape index (κ3) is 5.42. The van der Waals surface area contributed by atoms with E-state index in [1.54, 1.807) is 24.3 Å². The van der Waals surface area contributed by atoms with Crippen molar-refractivity contribution in [3.63, 3.8) is 0 Å². The molecule has 2 rings (SSSR count). The van der Waals surface area contributed by atoms with Crippen LogP contribution in [0.15, 0.2) is 48.5 Å². The maximum atomic E-state index is 12.8. The topological polar surface area (TPSA) is 84.5 Å². The molecule has 7 heteroatoms. The molecule has 0 aliphatic carbocycles. The van der Waals surface area contributed by atoms with Gasteiger partial charge in [-0.3, -0.25) is 9.59 Å². The van der Waals surface area contributed by atoms with Gasteiger partial charge in [-0.15, -0.1) is 0 Å². The number of carbonyl (C=O) groups is 3. The molecule has 0 fully saturated rings. The van der Waals surface area contributed by atoms with Gasteiger partial charge < -0.3 is 15.4 Å². The van der Waals surface area contributed by atoms with E-state index in [9.17, 15) is 18.8 Å². The summed E-state index contributed by atoms with van der Waals surface area (Å²) in [7, 11) is 0. The molecule has 1 atom stereocenters. The summed E-state index contributed by atoms with van der Waals surface area (Å²) in [5.41, 5.74) is 1.24. The maximum absolute atomic E-state index is 12.8. The van der Waals surface area contributed by atoms with Gasteiger partial charge in [-0.05, 0) is 55.5 Å². The fourth-order valence-electron chi connectivity index (χ4n) is 1.95. The maximum Gasteiger partial charge on any atom is 0.338 e. The predicted molar refractivity (Wildman–Crippen MR) is 90.7 cm³/mol. The number of anilines is 2. The van der Waals surface area contributed by atoms with Gasteiger partial charge in [-0.2, -0.15) is 0 Å². The van der Waals surface area contributed by atoms with E-state index < -0.39 is 23.8 Å². The van der Waals surface area contributed by atoms with E-state index in [0.29, 0.717) is 11.4 Å². The molecular formula is C18H17FN2O4. The third-order valence-corrected chi connectivity index (χ3v) is 3.21. The number of rotatable bonds is 5. The van der Waals surface area contributed by atoms with E-state index in [4.69, 9.17) is 4.74 Å². The Morgan fingerprint density at radius 1 is 0.920 bits per heavy atom. The molecule has 0 aliphatic heterocycles. The number of esters is 1. The number of carbonyl (C=O) groups excluding carboxylic acids is 3. The molecule has 2 aromatic rings. The third-order valence-electron chi connectivity index (χ3n) is 3.21. The standard InChI is InChI=1S/C18H17FN2O4/c1-11(25-18(24)13-3-5-14(19)6-4-13)17(23)21-16-9-7-15(8-10-16)20-12(2)22/h3-11H,1-2H3,(H,20,22)(H,21,23)/t11-/m1/s1. The summed E-state index contributed by atoms with van der Waals surface area (Å²) in [6, 6.07) is 11.3. The normalized spacial score (nSPS) is 11.3. The Kier molecular flexibility index (Phi) is 5.84. The lowest BCUT2D eigenvalue weighted by Crippen LogP contribution is -2.30. The van der Waals surface area contributed by atoms with Crippen LogP contribution >= 0.6 is 0 Å². The lowest BCUT2D eigenvalue weighted by molar-refractivity contribution is -0.123. The van der Waals surface area contributed by atoms with Crippen LogP contribution in [-0.2, 0) is 14.3 Å². The van der Waals surface area contributed by atoms with Crippen LogP contribution in [0.3, 0.4) is 0 Å². The second-order valence-corrected chi connectivity index (χ2v) is 5.30. The minimum atomic E-state index is -1.03. The SMILES string of the molecule is CC(=O)Nc1ccc(NC(=O)[C@@H](C)OC(=O)c2ccc(F)cc2)cc1. The molecule has 2 amide bonds. The number of benzene rings is 2. The Balaban J connectivity index is 1.92. The van der Waals surface area contributed by atoms with E-state index in [-0.39, 0.29) is 11.5 Å². The monoisotopic (exact) mass is 344 g/mol. The number of ether oxygens (including phenoxy) is 1. The molecule has 130 valence electrons. The van der Waals surface area contributed by atoms with Gasteiger partial charge in [0.2, 0.25) is 5.91 Å². The van der Waals surface area contributed by atoms with Crippen molar-refractivity contribution >= 4 is 29.2 Å². The van der Waals surface area contributed by atoms with Crippen molar-refractivity contribution in [1.82, 2.24) is 0 Å². The fraction of sp³-hybridized carbons (Fsp3) is 0.167. The Morgan fingerprint density at radius 2 is 1.44 bits per heavy atom. The van der Waals surface area contributed by atoms with Crippen LogP contribution in [0.4, 0.5) is 15.8 Å². The van der Waals surface area contributed by atoms with Gasteiger partial charge in [0.1, 0.15) is 5.82 Å². The summed E-state index contributed by atoms with van der Waals surface area (Å²) < 4.78 is 17.9. The van der Waals surface area contributed by atoms with Gasteiger partial charge in [0.05, 0.1) is 5.56 Å². The van der Waals surface area contributed by atoms with Crippen molar-refractivity contribution in [2.75, 3.05) is 10.6 Å². The Bertz CT molecular complexity index is 773. The molecule has 6 nitrogen and oxygen atoms in total. The lowest BCUT2D eigenvalue weighted by atomic mass is 10.2. The molecule has 0 aromatic heterocycles. The molecule has 0 bridgehead atoms. The van der Waals surface area contributed by atoms with Gasteiger partial charge in [0.15, 0.2) is 6.10 Å². The minimum absolute atomic E-state index is 0.153. The molecular weight excluding hydrogens is 327 g/mol. The first-order valence-electron chi connectivity index (χ1n) is 7.50. The van der Waals surface area contributed by atoms with Crippen LogP contribution in [0.25, 0.3) is 0 Å². The number of nitrogens with one attached hydrogen (secondary N) is 2. The average molecular weight is 344 g/mol. The number of halogens is 1. The second-order valence-electron chi connectivity index (χ2n) is 5.30. The van der Waals surface area contributed by atoms with Crippen molar-refractivity contribution in [2.24, 2.45) is 0 Å². The minimum Gasteiger partial charge on any atom is -0.449 e. The molecule has 0 saturated heterocycles. The van der Waals surface area contributed by atoms with Crippen LogP contribution in [-0.4, -0.2) is 23.9 Å². The molecule has 2 aromatic carbocycles. The summed E-state index contributed by atoms with van der Waals surface area (Å²) in [4.78, 5) is 34.9. The average Bonchev–Trinajstić information content (AvgIpc) is 2.56. The largest absolute Gasteiger partial charge is 0.449 e. The number of hydrogen-bond donors (Lipinski definition) is 2. The van der Waals surface area contributed by atoms with Crippen molar-refractivity contribution < 1.29 is 23.5 Å². The highest BCUT2D eigenvalue weighted by atomic mass is 19.1. The molecule has 0 heterocycles. The smallest absolute Gasteiger partial charge is 0.338 e. The van der Waals surface area contributed by atoms with Crippen molar-refractivity contribution in [3.8, 4) is 0 Å². The quantitative estimate of drug-likeness (QED) is 0.817. The number of hydrogen-bond acceptors (Lipinski definition) is 4. The summed E-state index contributed by atoms with van der Waals surface area (Å²) in [5, 5.41) is 5.21. The molecule has 2 N–H and O–H groups in total. The zero-order chi connectivity index (χ0) is 18.4. The zero-order valence-electron chi connectivity index (χ0n) is 13.7. The van der Waals surface area contributed by atoms with Crippen molar-refractivity contribution in [3.05, 3.63) is 59.9 Å². The lowest BCUT2D eigenvalue weighted by Gasteiger charge is -2.14. The molecule has 0 unspecified atom stereocenters. The van der Waals surface area contributed by atoms with Crippen LogP contribution < -0.4 is 10.6 Å². The molecule has 0 radical (unpaired) electrons. The van der Waals surface area contributed by atoms with Crippen LogP contribution in [0, 0.1) is 5.82 Å². The fourth-order valence-corrected chi connectivity index (χ4v) is 1.95. The summed E-state index contributed by atoms with van der Waals surface area (Å²) >= 11 is 0.